The number of allylic oxidation sites excluding steroid dienone is 2. The van der Waals surface area contributed by atoms with Crippen LogP contribution in [-0.4, -0.2) is 38.9 Å². The zero-order valence-electron chi connectivity index (χ0n) is 15.1. The monoisotopic (exact) mass is 380 g/mol. The predicted molar refractivity (Wildman–Crippen MR) is 94.3 cm³/mol. The highest BCUT2D eigenvalue weighted by Gasteiger charge is 2.30. The summed E-state index contributed by atoms with van der Waals surface area (Å²) in [5.41, 5.74) is -2.45. The van der Waals surface area contributed by atoms with E-state index in [2.05, 4.69) is 0 Å². The maximum absolute atomic E-state index is 12.1. The summed E-state index contributed by atoms with van der Waals surface area (Å²) in [5, 5.41) is 31.8. The molecule has 0 heterocycles. The van der Waals surface area contributed by atoms with E-state index in [1.165, 1.54) is 6.92 Å². The van der Waals surface area contributed by atoms with Crippen LogP contribution in [0.3, 0.4) is 0 Å². The molecule has 1 N–H and O–H groups in total. The smallest absolute Gasteiger partial charge is 0.339 e. The van der Waals surface area contributed by atoms with Crippen molar-refractivity contribution in [1.82, 2.24) is 0 Å². The van der Waals surface area contributed by atoms with Gasteiger partial charge in [0.05, 0.1) is 21.5 Å². The average Bonchev–Trinajstić information content (AvgIpc) is 2.58. The number of hydrogen-bond donors (Lipinski definition) is 1. The molecule has 10 heteroatoms. The van der Waals surface area contributed by atoms with Crippen LogP contribution in [0, 0.1) is 20.2 Å². The number of Topliss-reactive ketones (excluding diaryl/α,β-unsaturated/α-hetero) is 1. The number of nitrogens with zero attached hydrogens (tertiary/aromatic N) is 2. The maximum atomic E-state index is 12.1. The number of nitro groups is 2. The Bertz CT molecular complexity index is 762. The number of esters is 1. The molecule has 0 aliphatic rings. The van der Waals surface area contributed by atoms with Gasteiger partial charge < -0.3 is 9.84 Å². The second-order valence-electron chi connectivity index (χ2n) is 6.35. The topological polar surface area (TPSA) is 150 Å². The van der Waals surface area contributed by atoms with Crippen molar-refractivity contribution in [2.45, 2.75) is 39.2 Å². The Morgan fingerprint density at radius 2 is 1.67 bits per heavy atom. The molecule has 0 saturated heterocycles. The Balaban J connectivity index is 2.84. The summed E-state index contributed by atoms with van der Waals surface area (Å²) in [6, 6.07) is 2.33. The summed E-state index contributed by atoms with van der Waals surface area (Å²) in [5.74, 6) is -1.90. The van der Waals surface area contributed by atoms with Crippen molar-refractivity contribution in [2.24, 2.45) is 0 Å². The molecule has 0 unspecified atom stereocenters. The van der Waals surface area contributed by atoms with Gasteiger partial charge in [-0.05, 0) is 33.6 Å². The van der Waals surface area contributed by atoms with Gasteiger partial charge in [0.2, 0.25) is 5.78 Å². The van der Waals surface area contributed by atoms with E-state index in [9.17, 15) is 34.9 Å². The molecule has 0 aromatic heterocycles. The van der Waals surface area contributed by atoms with E-state index < -0.39 is 50.7 Å². The first-order valence-electron chi connectivity index (χ1n) is 7.94. The lowest BCUT2D eigenvalue weighted by atomic mass is 9.95. The molecular weight excluding hydrogens is 360 g/mol. The minimum absolute atomic E-state index is 0.122. The fraction of sp³-hybridized carbons (Fsp3) is 0.412. The van der Waals surface area contributed by atoms with Gasteiger partial charge in [0.25, 0.3) is 11.4 Å². The van der Waals surface area contributed by atoms with E-state index in [-0.39, 0.29) is 6.42 Å². The summed E-state index contributed by atoms with van der Waals surface area (Å²) in [6.07, 6.45) is 2.42. The van der Waals surface area contributed by atoms with Crippen LogP contribution < -0.4 is 0 Å². The molecule has 0 aliphatic carbocycles. The number of rotatable bonds is 9. The SMILES string of the molecule is CC(C)=CCC[C@](C)(O)C(=O)COC(=O)c1cc([N+](=O)[O-])cc([N+](=O)[O-])c1. The van der Waals surface area contributed by atoms with E-state index in [1.807, 2.05) is 19.9 Å². The number of ether oxygens (including phenoxy) is 1. The second kappa shape index (κ2) is 8.99. The third-order valence-electron chi connectivity index (χ3n) is 3.68. The van der Waals surface area contributed by atoms with Crippen LogP contribution in [0.2, 0.25) is 0 Å². The van der Waals surface area contributed by atoms with Crippen LogP contribution in [0.15, 0.2) is 29.8 Å². The van der Waals surface area contributed by atoms with E-state index in [0.717, 1.165) is 17.7 Å². The van der Waals surface area contributed by atoms with E-state index in [0.29, 0.717) is 12.5 Å². The van der Waals surface area contributed by atoms with Crippen molar-refractivity contribution >= 4 is 23.1 Å². The maximum Gasteiger partial charge on any atom is 0.339 e. The summed E-state index contributed by atoms with van der Waals surface area (Å²) in [4.78, 5) is 44.0. The van der Waals surface area contributed by atoms with Crippen LogP contribution >= 0.6 is 0 Å². The van der Waals surface area contributed by atoms with Crippen LogP contribution in [0.1, 0.15) is 44.0 Å². The zero-order chi connectivity index (χ0) is 20.8. The third-order valence-corrected chi connectivity index (χ3v) is 3.68. The highest BCUT2D eigenvalue weighted by Crippen LogP contribution is 2.23. The highest BCUT2D eigenvalue weighted by atomic mass is 16.6. The molecule has 10 nitrogen and oxygen atoms in total. The molecule has 0 bridgehead atoms. The first-order chi connectivity index (χ1) is 12.4. The van der Waals surface area contributed by atoms with Crippen LogP contribution in [0.25, 0.3) is 0 Å². The average molecular weight is 380 g/mol. The molecule has 0 radical (unpaired) electrons. The summed E-state index contributed by atoms with van der Waals surface area (Å²) in [6.45, 7) is 4.27. The van der Waals surface area contributed by atoms with Crippen molar-refractivity contribution in [1.29, 1.82) is 0 Å². The number of benzene rings is 1. The normalized spacial score (nSPS) is 12.6. The lowest BCUT2D eigenvalue weighted by molar-refractivity contribution is -0.394. The molecule has 0 aliphatic heterocycles. The predicted octanol–water partition coefficient (Wildman–Crippen LogP) is 2.73. The minimum atomic E-state index is -1.72. The van der Waals surface area contributed by atoms with Gasteiger partial charge in [0.15, 0.2) is 6.61 Å². The van der Waals surface area contributed by atoms with Crippen LogP contribution in [0.5, 0.6) is 0 Å². The Morgan fingerprint density at radius 3 is 2.11 bits per heavy atom. The van der Waals surface area contributed by atoms with Crippen molar-refractivity contribution in [3.63, 3.8) is 0 Å². The Kier molecular flexibility index (Phi) is 7.29. The number of hydrogen-bond acceptors (Lipinski definition) is 8. The molecule has 0 amide bonds. The Labute approximate surface area is 154 Å². The lowest BCUT2D eigenvalue weighted by Gasteiger charge is -2.20. The summed E-state index contributed by atoms with van der Waals surface area (Å²) in [7, 11) is 0. The quantitative estimate of drug-likeness (QED) is 0.297. The van der Waals surface area contributed by atoms with Crippen molar-refractivity contribution in [3.8, 4) is 0 Å². The first kappa shape index (κ1) is 21.9. The molecule has 1 rings (SSSR count). The fourth-order valence-corrected chi connectivity index (χ4v) is 2.08. The summed E-state index contributed by atoms with van der Waals surface area (Å²) >= 11 is 0. The fourth-order valence-electron chi connectivity index (χ4n) is 2.08. The number of aliphatic hydroxyl groups is 1. The molecule has 27 heavy (non-hydrogen) atoms. The van der Waals surface area contributed by atoms with Gasteiger partial charge in [0, 0.05) is 12.1 Å². The highest BCUT2D eigenvalue weighted by molar-refractivity contribution is 5.94. The summed E-state index contributed by atoms with van der Waals surface area (Å²) < 4.78 is 4.76. The number of carbonyl (C=O) groups is 2. The van der Waals surface area contributed by atoms with Crippen LogP contribution in [0.4, 0.5) is 11.4 Å². The Hall–Kier alpha value is -3.14. The number of ketones is 1. The van der Waals surface area contributed by atoms with Crippen LogP contribution in [-0.2, 0) is 9.53 Å². The van der Waals surface area contributed by atoms with Gasteiger partial charge in [-0.1, -0.05) is 11.6 Å². The van der Waals surface area contributed by atoms with Gasteiger partial charge in [-0.2, -0.15) is 0 Å². The van der Waals surface area contributed by atoms with Gasteiger partial charge >= 0.3 is 5.97 Å². The zero-order valence-corrected chi connectivity index (χ0v) is 15.1. The van der Waals surface area contributed by atoms with Crippen molar-refractivity contribution in [3.05, 3.63) is 55.6 Å². The molecule has 146 valence electrons. The van der Waals surface area contributed by atoms with Crippen molar-refractivity contribution < 1.29 is 29.3 Å². The first-order valence-corrected chi connectivity index (χ1v) is 7.94. The van der Waals surface area contributed by atoms with Gasteiger partial charge in [-0.3, -0.25) is 25.0 Å². The number of non-ortho nitro benzene ring substituents is 2. The molecule has 1 atom stereocenters. The molecular formula is C17H20N2O8. The third kappa shape index (κ3) is 6.59. The molecule has 0 fully saturated rings. The van der Waals surface area contributed by atoms with E-state index in [4.69, 9.17) is 4.74 Å². The van der Waals surface area contributed by atoms with Gasteiger partial charge in [-0.15, -0.1) is 0 Å². The lowest BCUT2D eigenvalue weighted by Crippen LogP contribution is -2.38. The Morgan fingerprint density at radius 1 is 1.15 bits per heavy atom. The van der Waals surface area contributed by atoms with E-state index in [1.54, 1.807) is 0 Å². The van der Waals surface area contributed by atoms with Gasteiger partial charge in [0.1, 0.15) is 5.60 Å². The second-order valence-corrected chi connectivity index (χ2v) is 6.35. The standard InChI is InChI=1S/C17H20N2O8/c1-11(2)5-4-6-17(3,22)15(20)10-27-16(21)12-7-13(18(23)24)9-14(8-12)19(25)26/h5,7-9,22H,4,6,10H2,1-3H3/t17-/m0/s1. The largest absolute Gasteiger partial charge is 0.454 e. The molecule has 1 aromatic rings. The minimum Gasteiger partial charge on any atom is -0.454 e. The molecule has 0 saturated carbocycles. The molecule has 0 spiro atoms. The van der Waals surface area contributed by atoms with Gasteiger partial charge in [-0.25, -0.2) is 4.79 Å². The number of carbonyl (C=O) groups excluding carboxylic acids is 2. The van der Waals surface area contributed by atoms with Crippen molar-refractivity contribution in [2.75, 3.05) is 6.61 Å². The molecule has 1 aromatic carbocycles. The number of nitro benzene ring substituents is 2. The van der Waals surface area contributed by atoms with E-state index >= 15 is 0 Å².